The zero-order valence-corrected chi connectivity index (χ0v) is 23.0. The zero-order chi connectivity index (χ0) is 27.7. The third-order valence-corrected chi connectivity index (χ3v) is 7.86. The van der Waals surface area contributed by atoms with E-state index in [1.165, 1.54) is 0 Å². The van der Waals surface area contributed by atoms with Crippen LogP contribution < -0.4 is 0 Å². The van der Waals surface area contributed by atoms with Gasteiger partial charge in [-0.25, -0.2) is 4.98 Å². The predicted octanol–water partition coefficient (Wildman–Crippen LogP) is 9.13. The van der Waals surface area contributed by atoms with Crippen molar-refractivity contribution >= 4 is 43.7 Å². The molecule has 196 valence electrons. The maximum Gasteiger partial charge on any atom is 0.238 e. The molecule has 0 saturated carbocycles. The smallest absolute Gasteiger partial charge is 0.238 e. The van der Waals surface area contributed by atoms with Crippen LogP contribution in [-0.4, -0.2) is 19.5 Å². The lowest BCUT2D eigenvalue weighted by Gasteiger charge is -2.11. The molecule has 0 aliphatic rings. The quantitative estimate of drug-likeness (QED) is 0.229. The normalized spacial score (nSPS) is 11.8. The highest BCUT2D eigenvalue weighted by atomic mass is 16.3. The van der Waals surface area contributed by atoms with Crippen molar-refractivity contribution in [2.75, 3.05) is 0 Å². The first-order chi connectivity index (χ1) is 20.0. The van der Waals surface area contributed by atoms with Gasteiger partial charge in [-0.15, -0.1) is 0 Å². The van der Waals surface area contributed by atoms with E-state index in [1.807, 2.05) is 12.1 Å². The van der Waals surface area contributed by atoms with E-state index in [0.717, 1.165) is 71.6 Å². The second kappa shape index (κ2) is 8.86. The Morgan fingerprint density at radius 1 is 0.537 bits per heavy atom. The second-order valence-corrected chi connectivity index (χ2v) is 10.8. The molecule has 0 amide bonds. The summed E-state index contributed by atoms with van der Waals surface area (Å²) in [6, 6.07) is 35.7. The monoisotopic (exact) mass is 530 g/mol. The van der Waals surface area contributed by atoms with Gasteiger partial charge in [0.15, 0.2) is 11.6 Å². The molecule has 0 unspecified atom stereocenters. The molecular formula is C36H26N4O. The highest BCUT2D eigenvalue weighted by Crippen LogP contribution is 2.38. The van der Waals surface area contributed by atoms with Gasteiger partial charge in [-0.05, 0) is 50.6 Å². The van der Waals surface area contributed by atoms with E-state index < -0.39 is 0 Å². The van der Waals surface area contributed by atoms with Crippen LogP contribution in [0.1, 0.15) is 16.7 Å². The van der Waals surface area contributed by atoms with Crippen LogP contribution in [-0.2, 0) is 0 Å². The third kappa shape index (κ3) is 3.74. The molecule has 0 bridgehead atoms. The first-order valence-electron chi connectivity index (χ1n) is 13.8. The van der Waals surface area contributed by atoms with E-state index >= 15 is 0 Å². The number of aryl methyl sites for hydroxylation is 3. The number of nitrogens with zero attached hydrogens (tertiary/aromatic N) is 4. The van der Waals surface area contributed by atoms with Crippen molar-refractivity contribution in [1.82, 2.24) is 19.5 Å². The fraction of sp³-hybridized carbons (Fsp3) is 0.0833. The molecular weight excluding hydrogens is 504 g/mol. The number of benzene rings is 5. The predicted molar refractivity (Wildman–Crippen MR) is 167 cm³/mol. The van der Waals surface area contributed by atoms with Gasteiger partial charge < -0.3 is 4.42 Å². The minimum absolute atomic E-state index is 0.575. The van der Waals surface area contributed by atoms with Gasteiger partial charge in [0.1, 0.15) is 11.2 Å². The van der Waals surface area contributed by atoms with E-state index in [2.05, 4.69) is 116 Å². The molecule has 0 aliphatic carbocycles. The van der Waals surface area contributed by atoms with Crippen LogP contribution in [0, 0.1) is 20.8 Å². The van der Waals surface area contributed by atoms with Crippen LogP contribution >= 0.6 is 0 Å². The molecule has 3 aromatic heterocycles. The number of fused-ring (bicyclic) bond motifs is 6. The first-order valence-corrected chi connectivity index (χ1v) is 13.8. The number of hydrogen-bond acceptors (Lipinski definition) is 4. The van der Waals surface area contributed by atoms with Crippen LogP contribution in [0.3, 0.4) is 0 Å². The molecule has 0 radical (unpaired) electrons. The Morgan fingerprint density at radius 3 is 1.90 bits per heavy atom. The summed E-state index contributed by atoms with van der Waals surface area (Å²) in [4.78, 5) is 15.1. The number of rotatable bonds is 3. The number of para-hydroxylation sites is 2. The average Bonchev–Trinajstić information content (AvgIpc) is 3.52. The van der Waals surface area contributed by atoms with Crippen molar-refractivity contribution in [2.24, 2.45) is 0 Å². The highest BCUT2D eigenvalue weighted by Gasteiger charge is 2.20. The van der Waals surface area contributed by atoms with Crippen molar-refractivity contribution in [3.63, 3.8) is 0 Å². The number of hydrogen-bond donors (Lipinski definition) is 0. The summed E-state index contributed by atoms with van der Waals surface area (Å²) in [5.41, 5.74) is 9.14. The van der Waals surface area contributed by atoms with Gasteiger partial charge in [0.05, 0.1) is 11.0 Å². The lowest BCUT2D eigenvalue weighted by molar-refractivity contribution is 0.666. The topological polar surface area (TPSA) is 56.7 Å². The minimum Gasteiger partial charge on any atom is -0.456 e. The molecule has 0 fully saturated rings. The molecule has 0 atom stereocenters. The average molecular weight is 531 g/mol. The van der Waals surface area contributed by atoms with Crippen molar-refractivity contribution in [3.8, 4) is 28.7 Å². The van der Waals surface area contributed by atoms with Crippen LogP contribution in [0.5, 0.6) is 0 Å². The van der Waals surface area contributed by atoms with Gasteiger partial charge >= 0.3 is 0 Å². The summed E-state index contributed by atoms with van der Waals surface area (Å²) < 4.78 is 8.57. The third-order valence-electron chi connectivity index (χ3n) is 7.86. The lowest BCUT2D eigenvalue weighted by Crippen LogP contribution is -2.06. The highest BCUT2D eigenvalue weighted by molar-refractivity contribution is 6.17. The summed E-state index contributed by atoms with van der Waals surface area (Å²) in [5, 5.41) is 4.51. The summed E-state index contributed by atoms with van der Waals surface area (Å²) in [5.74, 6) is 1.86. The summed E-state index contributed by atoms with van der Waals surface area (Å²) >= 11 is 0. The molecule has 5 nitrogen and oxygen atoms in total. The summed E-state index contributed by atoms with van der Waals surface area (Å²) in [6.07, 6.45) is 0. The van der Waals surface area contributed by atoms with Crippen LogP contribution in [0.15, 0.2) is 108 Å². The Bertz CT molecular complexity index is 2240. The van der Waals surface area contributed by atoms with Gasteiger partial charge in [0.25, 0.3) is 0 Å². The van der Waals surface area contributed by atoms with Crippen LogP contribution in [0.25, 0.3) is 72.5 Å². The van der Waals surface area contributed by atoms with Gasteiger partial charge in [-0.3, -0.25) is 4.57 Å². The van der Waals surface area contributed by atoms with Crippen molar-refractivity contribution in [3.05, 3.63) is 120 Å². The van der Waals surface area contributed by atoms with Gasteiger partial charge in [0.2, 0.25) is 5.95 Å². The first kappa shape index (κ1) is 23.6. The number of furan rings is 1. The molecule has 0 spiro atoms. The van der Waals surface area contributed by atoms with Gasteiger partial charge in [0, 0.05) is 38.7 Å². The van der Waals surface area contributed by atoms with Crippen LogP contribution in [0.4, 0.5) is 0 Å². The molecule has 5 aromatic carbocycles. The van der Waals surface area contributed by atoms with Crippen molar-refractivity contribution < 1.29 is 4.42 Å². The van der Waals surface area contributed by atoms with Crippen molar-refractivity contribution in [2.45, 2.75) is 20.8 Å². The van der Waals surface area contributed by atoms with Gasteiger partial charge in [-0.1, -0.05) is 83.9 Å². The Morgan fingerprint density at radius 2 is 1.20 bits per heavy atom. The van der Waals surface area contributed by atoms with Gasteiger partial charge in [-0.2, -0.15) is 9.97 Å². The standard InChI is InChI=1S/C36H26N4O/c1-21-9-6-12-24(17-21)34-37-35(25-13-7-10-22(2)18-25)39-36(38-34)40-30-16-5-4-14-26(30)28-19-29-27-15-8-11-23(3)33(27)41-32(29)20-31(28)40/h4-20H,1-3H3. The summed E-state index contributed by atoms with van der Waals surface area (Å²) in [7, 11) is 0. The maximum absolute atomic E-state index is 6.42. The molecule has 0 N–H and O–H groups in total. The Kier molecular flexibility index (Phi) is 5.10. The van der Waals surface area contributed by atoms with E-state index in [9.17, 15) is 0 Å². The minimum atomic E-state index is 0.575. The maximum atomic E-state index is 6.42. The molecule has 8 aromatic rings. The molecule has 8 rings (SSSR count). The molecule has 5 heteroatoms. The summed E-state index contributed by atoms with van der Waals surface area (Å²) in [6.45, 7) is 6.26. The van der Waals surface area contributed by atoms with E-state index in [-0.39, 0.29) is 0 Å². The Balaban J connectivity index is 1.47. The molecule has 0 aliphatic heterocycles. The Hall–Kier alpha value is -5.29. The second-order valence-electron chi connectivity index (χ2n) is 10.8. The fourth-order valence-electron chi connectivity index (χ4n) is 5.91. The van der Waals surface area contributed by atoms with Crippen LogP contribution in [0.2, 0.25) is 0 Å². The fourth-order valence-corrected chi connectivity index (χ4v) is 5.91. The largest absolute Gasteiger partial charge is 0.456 e. The SMILES string of the molecule is Cc1cccc(-c2nc(-c3cccc(C)c3)nc(-n3c4ccccc4c4cc5c(cc43)oc3c(C)cccc35)n2)c1. The van der Waals surface area contributed by atoms with Crippen molar-refractivity contribution in [1.29, 1.82) is 0 Å². The van der Waals surface area contributed by atoms with E-state index in [1.54, 1.807) is 0 Å². The Labute approximate surface area is 236 Å². The van der Waals surface area contributed by atoms with E-state index in [0.29, 0.717) is 17.6 Å². The molecule has 3 heterocycles. The zero-order valence-electron chi connectivity index (χ0n) is 23.0. The lowest BCUT2D eigenvalue weighted by atomic mass is 10.1. The number of aromatic nitrogens is 4. The molecule has 41 heavy (non-hydrogen) atoms. The molecule has 0 saturated heterocycles. The van der Waals surface area contributed by atoms with E-state index in [4.69, 9.17) is 19.4 Å².